The summed E-state index contributed by atoms with van der Waals surface area (Å²) in [4.78, 5) is 4.53. The summed E-state index contributed by atoms with van der Waals surface area (Å²) < 4.78 is 22.6. The van der Waals surface area contributed by atoms with Crippen LogP contribution in [0.5, 0.6) is 17.2 Å². The average molecular weight is 384 g/mol. The minimum Gasteiger partial charge on any atom is -0.494 e. The minimum atomic E-state index is 0.248. The molecular formula is C18H16N4O4S. The Bertz CT molecular complexity index is 1090. The molecule has 8 nitrogen and oxygen atoms in total. The van der Waals surface area contributed by atoms with Gasteiger partial charge in [-0.05, 0) is 30.3 Å². The zero-order valence-electron chi connectivity index (χ0n) is 14.8. The maximum absolute atomic E-state index is 5.70. The van der Waals surface area contributed by atoms with Crippen LogP contribution in [0, 0.1) is 0 Å². The van der Waals surface area contributed by atoms with E-state index in [1.807, 2.05) is 24.3 Å². The number of thiazole rings is 1. The molecule has 0 saturated heterocycles. The van der Waals surface area contributed by atoms with Gasteiger partial charge in [0.05, 0.1) is 26.0 Å². The van der Waals surface area contributed by atoms with Gasteiger partial charge < -0.3 is 18.6 Å². The van der Waals surface area contributed by atoms with Gasteiger partial charge in [0.2, 0.25) is 5.89 Å². The molecule has 0 aliphatic rings. The minimum absolute atomic E-state index is 0.248. The van der Waals surface area contributed by atoms with Gasteiger partial charge in [-0.3, -0.25) is 5.32 Å². The van der Waals surface area contributed by atoms with E-state index in [0.29, 0.717) is 28.3 Å². The molecular weight excluding hydrogens is 368 g/mol. The maximum Gasteiger partial charge on any atom is 0.322 e. The van der Waals surface area contributed by atoms with E-state index < -0.39 is 0 Å². The molecule has 0 aliphatic carbocycles. The lowest BCUT2D eigenvalue weighted by atomic mass is 10.2. The number of rotatable bonds is 6. The Morgan fingerprint density at radius 2 is 1.74 bits per heavy atom. The second-order valence-corrected chi connectivity index (χ2v) is 6.46. The largest absolute Gasteiger partial charge is 0.494 e. The van der Waals surface area contributed by atoms with Gasteiger partial charge >= 0.3 is 6.01 Å². The van der Waals surface area contributed by atoms with Crippen molar-refractivity contribution in [2.75, 3.05) is 26.6 Å². The first-order valence-electron chi connectivity index (χ1n) is 7.98. The number of benzene rings is 2. The molecule has 0 fully saturated rings. The van der Waals surface area contributed by atoms with Crippen molar-refractivity contribution in [1.82, 2.24) is 15.2 Å². The van der Waals surface area contributed by atoms with Crippen LogP contribution in [0.25, 0.3) is 21.7 Å². The fourth-order valence-corrected chi connectivity index (χ4v) is 3.47. The van der Waals surface area contributed by atoms with Crippen molar-refractivity contribution in [2.24, 2.45) is 0 Å². The van der Waals surface area contributed by atoms with E-state index in [4.69, 9.17) is 18.6 Å². The average Bonchev–Trinajstić information content (AvgIpc) is 3.33. The summed E-state index contributed by atoms with van der Waals surface area (Å²) in [5.74, 6) is 2.29. The lowest BCUT2D eigenvalue weighted by Gasteiger charge is -2.07. The lowest BCUT2D eigenvalue weighted by molar-refractivity contribution is 0.355. The summed E-state index contributed by atoms with van der Waals surface area (Å²) in [6, 6.07) is 11.4. The maximum atomic E-state index is 5.70. The molecule has 2 heterocycles. The molecule has 0 unspecified atom stereocenters. The smallest absolute Gasteiger partial charge is 0.322 e. The van der Waals surface area contributed by atoms with Gasteiger partial charge in [0.15, 0.2) is 16.6 Å². The molecule has 2 aromatic carbocycles. The van der Waals surface area contributed by atoms with Gasteiger partial charge in [0, 0.05) is 5.56 Å². The summed E-state index contributed by atoms with van der Waals surface area (Å²) in [6.07, 6.45) is 0. The summed E-state index contributed by atoms with van der Waals surface area (Å²) >= 11 is 1.47. The predicted molar refractivity (Wildman–Crippen MR) is 102 cm³/mol. The molecule has 0 bridgehead atoms. The summed E-state index contributed by atoms with van der Waals surface area (Å²) in [5, 5.41) is 11.8. The van der Waals surface area contributed by atoms with Gasteiger partial charge in [0.1, 0.15) is 11.3 Å². The second-order valence-electron chi connectivity index (χ2n) is 5.43. The molecule has 0 saturated carbocycles. The predicted octanol–water partition coefficient (Wildman–Crippen LogP) is 4.12. The van der Waals surface area contributed by atoms with Crippen LogP contribution in [0.4, 0.5) is 11.1 Å². The quantitative estimate of drug-likeness (QED) is 0.531. The molecule has 1 N–H and O–H groups in total. The third-order valence-electron chi connectivity index (χ3n) is 3.87. The number of aromatic nitrogens is 3. The fraction of sp³-hybridized carbons (Fsp3) is 0.167. The van der Waals surface area contributed by atoms with E-state index in [1.165, 1.54) is 11.3 Å². The molecule has 0 spiro atoms. The van der Waals surface area contributed by atoms with Crippen molar-refractivity contribution in [1.29, 1.82) is 0 Å². The van der Waals surface area contributed by atoms with Crippen molar-refractivity contribution in [3.63, 3.8) is 0 Å². The van der Waals surface area contributed by atoms with Crippen molar-refractivity contribution in [3.05, 3.63) is 36.4 Å². The molecule has 4 aromatic rings. The number of nitrogens with zero attached hydrogens (tertiary/aromatic N) is 3. The van der Waals surface area contributed by atoms with Crippen LogP contribution < -0.4 is 19.5 Å². The Morgan fingerprint density at radius 1 is 0.926 bits per heavy atom. The highest BCUT2D eigenvalue weighted by Gasteiger charge is 2.14. The second kappa shape index (κ2) is 7.12. The van der Waals surface area contributed by atoms with E-state index in [2.05, 4.69) is 20.5 Å². The third kappa shape index (κ3) is 3.24. The number of hydrogen-bond acceptors (Lipinski definition) is 9. The molecule has 138 valence electrons. The van der Waals surface area contributed by atoms with Gasteiger partial charge in [-0.1, -0.05) is 22.5 Å². The zero-order chi connectivity index (χ0) is 18.8. The molecule has 4 rings (SSSR count). The lowest BCUT2D eigenvalue weighted by Crippen LogP contribution is -1.90. The SMILES string of the molecule is COc1ccc(-c2nnc(Nc3nc4c(OC)cccc4s3)o2)cc1OC. The number of hydrogen-bond donors (Lipinski definition) is 1. The first-order valence-corrected chi connectivity index (χ1v) is 8.80. The Kier molecular flexibility index (Phi) is 4.51. The topological polar surface area (TPSA) is 91.5 Å². The highest BCUT2D eigenvalue weighted by Crippen LogP contribution is 2.35. The fourth-order valence-electron chi connectivity index (χ4n) is 2.59. The van der Waals surface area contributed by atoms with Crippen LogP contribution in [-0.2, 0) is 0 Å². The van der Waals surface area contributed by atoms with Crippen molar-refractivity contribution >= 4 is 32.7 Å². The number of anilines is 2. The monoisotopic (exact) mass is 384 g/mol. The number of nitrogens with one attached hydrogen (secondary N) is 1. The van der Waals surface area contributed by atoms with Gasteiger partial charge in [-0.2, -0.15) is 0 Å². The number of fused-ring (bicyclic) bond motifs is 1. The van der Waals surface area contributed by atoms with Gasteiger partial charge in [0.25, 0.3) is 0 Å². The first-order chi connectivity index (χ1) is 13.2. The number of para-hydroxylation sites is 1. The summed E-state index contributed by atoms with van der Waals surface area (Å²) in [6.45, 7) is 0. The van der Waals surface area contributed by atoms with Crippen LogP contribution in [0.3, 0.4) is 0 Å². The van der Waals surface area contributed by atoms with E-state index in [1.54, 1.807) is 33.5 Å². The number of ether oxygens (including phenoxy) is 3. The Hall–Kier alpha value is -3.33. The Labute approximate surface area is 158 Å². The zero-order valence-corrected chi connectivity index (χ0v) is 15.7. The van der Waals surface area contributed by atoms with E-state index in [-0.39, 0.29) is 6.01 Å². The van der Waals surface area contributed by atoms with Gasteiger partial charge in [-0.25, -0.2) is 4.98 Å². The summed E-state index contributed by atoms with van der Waals surface area (Å²) in [7, 11) is 4.78. The van der Waals surface area contributed by atoms with Crippen LogP contribution in [0.1, 0.15) is 0 Å². The Morgan fingerprint density at radius 3 is 2.52 bits per heavy atom. The van der Waals surface area contributed by atoms with Crippen LogP contribution in [0.2, 0.25) is 0 Å². The van der Waals surface area contributed by atoms with Crippen LogP contribution in [-0.4, -0.2) is 36.5 Å². The molecule has 27 heavy (non-hydrogen) atoms. The van der Waals surface area contributed by atoms with Crippen molar-refractivity contribution in [3.8, 4) is 28.7 Å². The van der Waals surface area contributed by atoms with Crippen LogP contribution >= 0.6 is 11.3 Å². The number of methoxy groups -OCH3 is 3. The molecule has 2 aromatic heterocycles. The Balaban J connectivity index is 1.60. The molecule has 0 amide bonds. The van der Waals surface area contributed by atoms with Crippen LogP contribution in [0.15, 0.2) is 40.8 Å². The molecule has 0 radical (unpaired) electrons. The highest BCUT2D eigenvalue weighted by molar-refractivity contribution is 7.22. The summed E-state index contributed by atoms with van der Waals surface area (Å²) in [5.41, 5.74) is 1.51. The molecule has 0 aliphatic heterocycles. The van der Waals surface area contributed by atoms with Crippen molar-refractivity contribution in [2.45, 2.75) is 0 Å². The van der Waals surface area contributed by atoms with E-state index >= 15 is 0 Å². The normalized spacial score (nSPS) is 10.8. The van der Waals surface area contributed by atoms with E-state index in [0.717, 1.165) is 15.8 Å². The van der Waals surface area contributed by atoms with E-state index in [9.17, 15) is 0 Å². The first kappa shape index (κ1) is 17.1. The third-order valence-corrected chi connectivity index (χ3v) is 4.81. The van der Waals surface area contributed by atoms with Gasteiger partial charge in [-0.15, -0.1) is 5.10 Å². The molecule has 0 atom stereocenters. The highest BCUT2D eigenvalue weighted by atomic mass is 32.1. The van der Waals surface area contributed by atoms with Crippen molar-refractivity contribution < 1.29 is 18.6 Å². The standard InChI is InChI=1S/C18H16N4O4S/c1-23-11-8-7-10(9-13(11)25-3)16-21-22-17(26-16)20-18-19-15-12(24-2)5-4-6-14(15)27-18/h4-9H,1-3H3,(H,19,20,22). The molecule has 9 heteroatoms.